The van der Waals surface area contributed by atoms with Gasteiger partial charge in [-0.3, -0.25) is 4.79 Å². The van der Waals surface area contributed by atoms with E-state index in [1.54, 1.807) is 6.07 Å². The van der Waals surface area contributed by atoms with Crippen molar-refractivity contribution in [3.63, 3.8) is 0 Å². The van der Waals surface area contributed by atoms with E-state index in [0.717, 1.165) is 37.4 Å². The van der Waals surface area contributed by atoms with Gasteiger partial charge in [0.05, 0.1) is 5.56 Å². The molecule has 1 N–H and O–H groups in total. The Balaban J connectivity index is 1.58. The first-order chi connectivity index (χ1) is 12.3. The van der Waals surface area contributed by atoms with Gasteiger partial charge in [0.25, 0.3) is 5.91 Å². The number of hydrogen-bond acceptors (Lipinski definition) is 1. The summed E-state index contributed by atoms with van der Waals surface area (Å²) in [5.41, 5.74) is 1.72. The number of aromatic amines is 1. The molecule has 2 heterocycles. The predicted molar refractivity (Wildman–Crippen MR) is 93.9 cm³/mol. The number of benzene rings is 1. The molecule has 1 aliphatic rings. The molecule has 0 bridgehead atoms. The highest BCUT2D eigenvalue weighted by Crippen LogP contribution is 2.30. The van der Waals surface area contributed by atoms with Gasteiger partial charge in [0.15, 0.2) is 0 Å². The molecular weight excluding hydrogens is 341 g/mol. The average Bonchev–Trinajstić information content (AvgIpc) is 3.05. The molecule has 2 aromatic rings. The third kappa shape index (κ3) is 4.48. The quantitative estimate of drug-likeness (QED) is 0.829. The van der Waals surface area contributed by atoms with E-state index in [1.165, 1.54) is 12.1 Å². The molecule has 0 radical (unpaired) electrons. The summed E-state index contributed by atoms with van der Waals surface area (Å²) in [6.07, 6.45) is 0.818. The Hall–Kier alpha value is -2.24. The van der Waals surface area contributed by atoms with Gasteiger partial charge >= 0.3 is 6.18 Å². The lowest BCUT2D eigenvalue weighted by atomic mass is 9.91. The van der Waals surface area contributed by atoms with Crippen molar-refractivity contribution < 1.29 is 18.0 Å². The minimum absolute atomic E-state index is 0.00173. The van der Waals surface area contributed by atoms with Crippen molar-refractivity contribution in [1.82, 2.24) is 9.88 Å². The molecule has 3 nitrogen and oxygen atoms in total. The van der Waals surface area contributed by atoms with Gasteiger partial charge in [-0.25, -0.2) is 0 Å². The predicted octanol–water partition coefficient (Wildman–Crippen LogP) is 4.83. The Labute approximate surface area is 151 Å². The molecule has 0 aliphatic carbocycles. The molecular formula is C20H23F3N2O. The minimum atomic E-state index is -4.31. The highest BCUT2D eigenvalue weighted by Gasteiger charge is 2.30. The van der Waals surface area contributed by atoms with Gasteiger partial charge in [0, 0.05) is 19.3 Å². The second kappa shape index (κ2) is 7.56. The van der Waals surface area contributed by atoms with Crippen LogP contribution in [0.1, 0.15) is 46.4 Å². The zero-order chi connectivity index (χ0) is 18.7. The number of likely N-dealkylation sites (tertiary alicyclic amines) is 1. The number of H-pyrrole nitrogens is 1. The topological polar surface area (TPSA) is 36.1 Å². The van der Waals surface area contributed by atoms with Crippen molar-refractivity contribution >= 4 is 5.91 Å². The maximum Gasteiger partial charge on any atom is 0.416 e. The fraction of sp³-hybridized carbons (Fsp3) is 0.450. The second-order valence-electron chi connectivity index (χ2n) is 7.09. The standard InChI is InChI=1S/C20H23F3N2O/c1-14-10-18(24-12-14)19(26)25-9-3-5-16(13-25)8-7-15-4-2-6-17(11-15)20(21,22)23/h2,4,6,10-12,16,24H,3,5,7-9,13H2,1H3/t16-/m1/s1. The minimum Gasteiger partial charge on any atom is -0.357 e. The summed E-state index contributed by atoms with van der Waals surface area (Å²) in [5, 5.41) is 0. The Bertz CT molecular complexity index is 766. The monoisotopic (exact) mass is 364 g/mol. The number of nitrogens with zero attached hydrogens (tertiary/aromatic N) is 1. The van der Waals surface area contributed by atoms with Crippen molar-refractivity contribution in [3.8, 4) is 0 Å². The van der Waals surface area contributed by atoms with E-state index in [9.17, 15) is 18.0 Å². The van der Waals surface area contributed by atoms with Crippen LogP contribution in [0.4, 0.5) is 13.2 Å². The Kier molecular flexibility index (Phi) is 5.39. The first kappa shape index (κ1) is 18.5. The summed E-state index contributed by atoms with van der Waals surface area (Å²) < 4.78 is 38.5. The van der Waals surface area contributed by atoms with Crippen LogP contribution in [0, 0.1) is 12.8 Å². The Morgan fingerprint density at radius 3 is 2.81 bits per heavy atom. The van der Waals surface area contributed by atoms with Crippen molar-refractivity contribution in [1.29, 1.82) is 0 Å². The maximum atomic E-state index is 12.8. The summed E-state index contributed by atoms with van der Waals surface area (Å²) in [7, 11) is 0. The first-order valence-electron chi connectivity index (χ1n) is 8.93. The van der Waals surface area contributed by atoms with Gasteiger partial charge in [-0.15, -0.1) is 0 Å². The van der Waals surface area contributed by atoms with Gasteiger partial charge in [-0.2, -0.15) is 13.2 Å². The normalized spacial score (nSPS) is 18.2. The number of piperidine rings is 1. The second-order valence-corrected chi connectivity index (χ2v) is 7.09. The molecule has 0 spiro atoms. The van der Waals surface area contributed by atoms with Gasteiger partial charge in [-0.05, 0) is 61.8 Å². The lowest BCUT2D eigenvalue weighted by Gasteiger charge is -2.32. The molecule has 1 aromatic heterocycles. The van der Waals surface area contributed by atoms with Crippen LogP contribution in [0.5, 0.6) is 0 Å². The highest BCUT2D eigenvalue weighted by molar-refractivity contribution is 5.92. The van der Waals surface area contributed by atoms with Gasteiger partial charge < -0.3 is 9.88 Å². The molecule has 0 saturated carbocycles. The number of alkyl halides is 3. The molecule has 26 heavy (non-hydrogen) atoms. The van der Waals surface area contributed by atoms with Crippen molar-refractivity contribution in [2.75, 3.05) is 13.1 Å². The number of carbonyl (C=O) groups is 1. The highest BCUT2D eigenvalue weighted by atomic mass is 19.4. The van der Waals surface area contributed by atoms with Crippen LogP contribution in [0.15, 0.2) is 36.5 Å². The fourth-order valence-corrected chi connectivity index (χ4v) is 3.56. The number of nitrogens with one attached hydrogen (secondary N) is 1. The smallest absolute Gasteiger partial charge is 0.357 e. The molecule has 1 aliphatic heterocycles. The van der Waals surface area contributed by atoms with Crippen molar-refractivity contribution in [2.24, 2.45) is 5.92 Å². The summed E-state index contributed by atoms with van der Waals surface area (Å²) >= 11 is 0. The van der Waals surface area contributed by atoms with E-state index < -0.39 is 11.7 Å². The lowest BCUT2D eigenvalue weighted by Crippen LogP contribution is -2.40. The first-order valence-corrected chi connectivity index (χ1v) is 8.93. The third-order valence-electron chi connectivity index (χ3n) is 4.96. The number of aromatic nitrogens is 1. The number of carbonyl (C=O) groups excluding carboxylic acids is 1. The molecule has 1 saturated heterocycles. The van der Waals surface area contributed by atoms with E-state index >= 15 is 0 Å². The third-order valence-corrected chi connectivity index (χ3v) is 4.96. The lowest BCUT2D eigenvalue weighted by molar-refractivity contribution is -0.137. The molecule has 140 valence electrons. The summed E-state index contributed by atoms with van der Waals surface area (Å²) in [6.45, 7) is 3.33. The van der Waals surface area contributed by atoms with Crippen molar-refractivity contribution in [3.05, 3.63) is 58.9 Å². The summed E-state index contributed by atoms with van der Waals surface area (Å²) in [6, 6.07) is 7.37. The fourth-order valence-electron chi connectivity index (χ4n) is 3.56. The van der Waals surface area contributed by atoms with Crippen molar-refractivity contribution in [2.45, 2.75) is 38.8 Å². The van der Waals surface area contributed by atoms with Crippen LogP contribution < -0.4 is 0 Å². The zero-order valence-corrected chi connectivity index (χ0v) is 14.8. The summed E-state index contributed by atoms with van der Waals surface area (Å²) in [5.74, 6) is 0.320. The van der Waals surface area contributed by atoms with Crippen LogP contribution in [0.2, 0.25) is 0 Å². The number of hydrogen-bond donors (Lipinski definition) is 1. The number of rotatable bonds is 4. The van der Waals surface area contributed by atoms with E-state index in [0.29, 0.717) is 30.1 Å². The molecule has 3 rings (SSSR count). The van der Waals surface area contributed by atoms with E-state index in [2.05, 4.69) is 4.98 Å². The number of amides is 1. The maximum absolute atomic E-state index is 12.8. The largest absolute Gasteiger partial charge is 0.416 e. The Morgan fingerprint density at radius 1 is 1.31 bits per heavy atom. The molecule has 1 aromatic carbocycles. The molecule has 1 atom stereocenters. The van der Waals surface area contributed by atoms with Crippen LogP contribution in [0.25, 0.3) is 0 Å². The van der Waals surface area contributed by atoms with Crippen LogP contribution in [-0.4, -0.2) is 28.9 Å². The summed E-state index contributed by atoms with van der Waals surface area (Å²) in [4.78, 5) is 17.4. The van der Waals surface area contributed by atoms with Gasteiger partial charge in [0.2, 0.25) is 0 Å². The molecule has 1 fully saturated rings. The van der Waals surface area contributed by atoms with Crippen LogP contribution in [0.3, 0.4) is 0 Å². The van der Waals surface area contributed by atoms with E-state index in [1.807, 2.05) is 24.1 Å². The van der Waals surface area contributed by atoms with Gasteiger partial charge in [0.1, 0.15) is 5.69 Å². The SMILES string of the molecule is Cc1c[nH]c(C(=O)N2CCC[C@H](CCc3cccc(C(F)(F)F)c3)C2)c1. The Morgan fingerprint density at radius 2 is 2.12 bits per heavy atom. The van der Waals surface area contributed by atoms with E-state index in [4.69, 9.17) is 0 Å². The molecule has 6 heteroatoms. The number of aryl methyl sites for hydroxylation is 2. The zero-order valence-electron chi connectivity index (χ0n) is 14.8. The molecule has 0 unspecified atom stereocenters. The molecule has 1 amide bonds. The number of halogens is 3. The van der Waals surface area contributed by atoms with Crippen LogP contribution >= 0.6 is 0 Å². The average molecular weight is 364 g/mol. The van der Waals surface area contributed by atoms with E-state index in [-0.39, 0.29) is 5.91 Å². The van der Waals surface area contributed by atoms with Gasteiger partial charge in [-0.1, -0.05) is 18.2 Å². The van der Waals surface area contributed by atoms with Crippen LogP contribution in [-0.2, 0) is 12.6 Å².